The van der Waals surface area contributed by atoms with Gasteiger partial charge in [-0.1, -0.05) is 0 Å². The Labute approximate surface area is 118 Å². The van der Waals surface area contributed by atoms with Gasteiger partial charge in [0, 0.05) is 24.5 Å². The molecule has 2 aromatic heterocycles. The molecule has 3 aromatic rings. The Morgan fingerprint density at radius 3 is 2.62 bits per heavy atom. The van der Waals surface area contributed by atoms with Gasteiger partial charge in [-0.2, -0.15) is 13.2 Å². The third-order valence-corrected chi connectivity index (χ3v) is 3.20. The molecule has 0 unspecified atom stereocenters. The van der Waals surface area contributed by atoms with E-state index in [-0.39, 0.29) is 5.69 Å². The van der Waals surface area contributed by atoms with E-state index in [2.05, 4.69) is 9.97 Å². The first-order valence-electron chi connectivity index (χ1n) is 6.12. The average Bonchev–Trinajstić information content (AvgIpc) is 2.75. The van der Waals surface area contributed by atoms with Gasteiger partial charge in [0.1, 0.15) is 5.82 Å². The number of hydrogen-bond donors (Lipinski definition) is 1. The van der Waals surface area contributed by atoms with Crippen molar-refractivity contribution in [3.8, 4) is 11.4 Å². The minimum absolute atomic E-state index is 0.0415. The van der Waals surface area contributed by atoms with Crippen molar-refractivity contribution in [1.29, 1.82) is 0 Å². The third-order valence-electron chi connectivity index (χ3n) is 3.20. The maximum Gasteiger partial charge on any atom is 0.416 e. The van der Waals surface area contributed by atoms with Gasteiger partial charge in [-0.3, -0.25) is 0 Å². The first-order valence-corrected chi connectivity index (χ1v) is 6.12. The summed E-state index contributed by atoms with van der Waals surface area (Å²) < 4.78 is 40.3. The molecule has 0 saturated heterocycles. The predicted octanol–water partition coefficient (Wildman–Crippen LogP) is 3.24. The molecule has 108 valence electrons. The minimum Gasteiger partial charge on any atom is -0.399 e. The number of imidazole rings is 1. The molecule has 7 heteroatoms. The number of alkyl halides is 3. The quantitative estimate of drug-likeness (QED) is 0.700. The van der Waals surface area contributed by atoms with Crippen molar-refractivity contribution in [1.82, 2.24) is 14.5 Å². The fourth-order valence-corrected chi connectivity index (χ4v) is 2.23. The molecule has 0 amide bonds. The van der Waals surface area contributed by atoms with E-state index < -0.39 is 11.7 Å². The summed E-state index contributed by atoms with van der Waals surface area (Å²) in [5.74, 6) is 0.390. The topological polar surface area (TPSA) is 56.7 Å². The molecule has 2 N–H and O–H groups in total. The summed E-state index contributed by atoms with van der Waals surface area (Å²) in [6, 6.07) is 6.96. The fourth-order valence-electron chi connectivity index (χ4n) is 2.23. The Hall–Kier alpha value is -2.57. The maximum absolute atomic E-state index is 12.9. The molecule has 4 nitrogen and oxygen atoms in total. The summed E-state index contributed by atoms with van der Waals surface area (Å²) in [6.07, 6.45) is -2.87. The molecular weight excluding hydrogens is 281 g/mol. The van der Waals surface area contributed by atoms with Crippen molar-refractivity contribution >= 4 is 16.9 Å². The predicted molar refractivity (Wildman–Crippen MR) is 73.4 cm³/mol. The summed E-state index contributed by atoms with van der Waals surface area (Å²) in [5.41, 5.74) is 6.36. The van der Waals surface area contributed by atoms with Crippen LogP contribution in [-0.4, -0.2) is 14.5 Å². The SMILES string of the molecule is Cn1c(-c2cc(N)cc(C(F)(F)F)c2)nc2ncccc21. The number of fused-ring (bicyclic) bond motifs is 1. The highest BCUT2D eigenvalue weighted by atomic mass is 19.4. The molecule has 0 atom stereocenters. The summed E-state index contributed by atoms with van der Waals surface area (Å²) >= 11 is 0. The Morgan fingerprint density at radius 1 is 1.19 bits per heavy atom. The van der Waals surface area contributed by atoms with Gasteiger partial charge in [-0.15, -0.1) is 0 Å². The number of nitrogen functional groups attached to an aromatic ring is 1. The van der Waals surface area contributed by atoms with Crippen LogP contribution >= 0.6 is 0 Å². The second-order valence-corrected chi connectivity index (χ2v) is 4.68. The third kappa shape index (κ3) is 2.31. The number of pyridine rings is 1. The molecule has 0 fully saturated rings. The van der Waals surface area contributed by atoms with Crippen LogP contribution in [-0.2, 0) is 13.2 Å². The van der Waals surface area contributed by atoms with Crippen molar-refractivity contribution in [3.63, 3.8) is 0 Å². The van der Waals surface area contributed by atoms with Crippen molar-refractivity contribution < 1.29 is 13.2 Å². The Kier molecular flexibility index (Phi) is 2.86. The molecular formula is C14H11F3N4. The van der Waals surface area contributed by atoms with E-state index in [0.29, 0.717) is 17.0 Å². The van der Waals surface area contributed by atoms with Gasteiger partial charge < -0.3 is 10.3 Å². The van der Waals surface area contributed by atoms with E-state index in [1.54, 1.807) is 29.9 Å². The lowest BCUT2D eigenvalue weighted by Crippen LogP contribution is -2.06. The Bertz CT molecular complexity index is 821. The number of benzene rings is 1. The molecule has 1 aromatic carbocycles. The van der Waals surface area contributed by atoms with Gasteiger partial charge in [0.25, 0.3) is 0 Å². The number of aromatic nitrogens is 3. The van der Waals surface area contributed by atoms with Gasteiger partial charge >= 0.3 is 6.18 Å². The van der Waals surface area contributed by atoms with Crippen molar-refractivity contribution in [2.75, 3.05) is 5.73 Å². The standard InChI is InChI=1S/C14H11F3N4/c1-21-11-3-2-4-19-12(11)20-13(21)8-5-9(14(15,16)17)7-10(18)6-8/h2-7H,18H2,1H3. The molecule has 0 radical (unpaired) electrons. The highest BCUT2D eigenvalue weighted by Crippen LogP contribution is 2.34. The van der Waals surface area contributed by atoms with Crippen LogP contribution in [0.4, 0.5) is 18.9 Å². The van der Waals surface area contributed by atoms with Crippen LogP contribution in [0.2, 0.25) is 0 Å². The number of hydrogen-bond acceptors (Lipinski definition) is 3. The fraction of sp³-hybridized carbons (Fsp3) is 0.143. The second kappa shape index (κ2) is 4.47. The highest BCUT2D eigenvalue weighted by molar-refractivity contribution is 5.78. The highest BCUT2D eigenvalue weighted by Gasteiger charge is 2.31. The number of nitrogens with two attached hydrogens (primary N) is 1. The van der Waals surface area contributed by atoms with E-state index >= 15 is 0 Å². The zero-order chi connectivity index (χ0) is 15.2. The summed E-state index contributed by atoms with van der Waals surface area (Å²) in [4.78, 5) is 8.37. The van der Waals surface area contributed by atoms with E-state index in [4.69, 9.17) is 5.73 Å². The van der Waals surface area contributed by atoms with Crippen molar-refractivity contribution in [2.45, 2.75) is 6.18 Å². The van der Waals surface area contributed by atoms with Crippen molar-refractivity contribution in [2.24, 2.45) is 7.05 Å². The van der Waals surface area contributed by atoms with Crippen molar-refractivity contribution in [3.05, 3.63) is 42.1 Å². The largest absolute Gasteiger partial charge is 0.416 e. The molecule has 0 aliphatic carbocycles. The molecule has 3 rings (SSSR count). The maximum atomic E-state index is 12.9. The molecule has 0 aliphatic heterocycles. The van der Waals surface area contributed by atoms with Crippen LogP contribution in [0.5, 0.6) is 0 Å². The first kappa shape index (κ1) is 13.4. The summed E-state index contributed by atoms with van der Waals surface area (Å²) in [7, 11) is 1.72. The Balaban J connectivity index is 2.23. The van der Waals surface area contributed by atoms with Crippen LogP contribution in [0.3, 0.4) is 0 Å². The van der Waals surface area contributed by atoms with E-state index in [1.807, 2.05) is 0 Å². The monoisotopic (exact) mass is 292 g/mol. The van der Waals surface area contributed by atoms with E-state index in [9.17, 15) is 13.2 Å². The van der Waals surface area contributed by atoms with Crippen LogP contribution < -0.4 is 5.73 Å². The van der Waals surface area contributed by atoms with Crippen LogP contribution in [0.1, 0.15) is 5.56 Å². The van der Waals surface area contributed by atoms with Crippen LogP contribution in [0, 0.1) is 0 Å². The molecule has 0 saturated carbocycles. The molecule has 0 aliphatic rings. The van der Waals surface area contributed by atoms with E-state index in [1.165, 1.54) is 6.07 Å². The minimum atomic E-state index is -4.45. The molecule has 0 spiro atoms. The second-order valence-electron chi connectivity index (χ2n) is 4.68. The lowest BCUT2D eigenvalue weighted by molar-refractivity contribution is -0.137. The number of aryl methyl sites for hydroxylation is 1. The summed E-state index contributed by atoms with van der Waals surface area (Å²) in [5, 5.41) is 0. The number of halogens is 3. The first-order chi connectivity index (χ1) is 9.86. The lowest BCUT2D eigenvalue weighted by atomic mass is 10.1. The zero-order valence-corrected chi connectivity index (χ0v) is 11.0. The molecule has 0 bridgehead atoms. The summed E-state index contributed by atoms with van der Waals surface area (Å²) in [6.45, 7) is 0. The van der Waals surface area contributed by atoms with Crippen LogP contribution in [0.25, 0.3) is 22.6 Å². The zero-order valence-electron chi connectivity index (χ0n) is 11.0. The number of anilines is 1. The smallest absolute Gasteiger partial charge is 0.399 e. The van der Waals surface area contributed by atoms with E-state index in [0.717, 1.165) is 17.6 Å². The van der Waals surface area contributed by atoms with Gasteiger partial charge in [-0.25, -0.2) is 9.97 Å². The number of rotatable bonds is 1. The van der Waals surface area contributed by atoms with Crippen LogP contribution in [0.15, 0.2) is 36.5 Å². The Morgan fingerprint density at radius 2 is 1.95 bits per heavy atom. The average molecular weight is 292 g/mol. The van der Waals surface area contributed by atoms with Gasteiger partial charge in [-0.05, 0) is 30.3 Å². The van der Waals surface area contributed by atoms with Gasteiger partial charge in [0.2, 0.25) is 0 Å². The van der Waals surface area contributed by atoms with Gasteiger partial charge in [0.05, 0.1) is 11.1 Å². The number of nitrogens with zero attached hydrogens (tertiary/aromatic N) is 3. The normalized spacial score (nSPS) is 12.0. The molecule has 2 heterocycles. The van der Waals surface area contributed by atoms with Gasteiger partial charge in [0.15, 0.2) is 5.65 Å². The lowest BCUT2D eigenvalue weighted by Gasteiger charge is -2.10. The molecule has 21 heavy (non-hydrogen) atoms.